The SMILES string of the molecule is Cc1ccncc1-c1cc2cc(NC(O)O[C@@H]3CCNC3=O)ncc2c(N)n1. The van der Waals surface area contributed by atoms with E-state index in [2.05, 4.69) is 25.6 Å². The minimum atomic E-state index is -1.36. The molecule has 1 aliphatic heterocycles. The number of aromatic nitrogens is 3. The van der Waals surface area contributed by atoms with Crippen LogP contribution >= 0.6 is 0 Å². The molecule has 1 aliphatic rings. The molecule has 28 heavy (non-hydrogen) atoms. The van der Waals surface area contributed by atoms with Crippen LogP contribution in [0.1, 0.15) is 12.0 Å². The normalized spacial score (nSPS) is 17.5. The lowest BCUT2D eigenvalue weighted by Crippen LogP contribution is -2.33. The second kappa shape index (κ2) is 7.37. The van der Waals surface area contributed by atoms with Gasteiger partial charge in [0.25, 0.3) is 0 Å². The van der Waals surface area contributed by atoms with Crippen LogP contribution in [0.25, 0.3) is 22.0 Å². The van der Waals surface area contributed by atoms with Gasteiger partial charge in [-0.2, -0.15) is 0 Å². The predicted octanol–water partition coefficient (Wildman–Crippen LogP) is 1.18. The summed E-state index contributed by atoms with van der Waals surface area (Å²) in [5.41, 5.74) is 8.73. The molecule has 9 heteroatoms. The molecule has 0 saturated carbocycles. The molecule has 4 heterocycles. The number of anilines is 2. The highest BCUT2D eigenvalue weighted by atomic mass is 16.6. The number of ether oxygens (including phenoxy) is 1. The molecular formula is C19H20N6O3. The first-order chi connectivity index (χ1) is 13.5. The summed E-state index contributed by atoms with van der Waals surface area (Å²) < 4.78 is 5.32. The van der Waals surface area contributed by atoms with Crippen LogP contribution < -0.4 is 16.4 Å². The zero-order valence-corrected chi connectivity index (χ0v) is 15.2. The van der Waals surface area contributed by atoms with E-state index in [0.29, 0.717) is 35.7 Å². The molecule has 0 aromatic carbocycles. The molecule has 1 saturated heterocycles. The maximum absolute atomic E-state index is 11.6. The standard InChI is InChI=1S/C19H20N6O3/c1-10-2-4-21-8-12(10)14-6-11-7-16(23-9-13(11)17(20)24-14)25-19(27)28-15-3-5-22-18(15)26/h2,4,6-9,15,19,27H,3,5H2,1H3,(H2,20,24)(H,22,26)(H,23,25)/t15-,19?/m1/s1. The summed E-state index contributed by atoms with van der Waals surface area (Å²) in [5.74, 6) is 0.509. The summed E-state index contributed by atoms with van der Waals surface area (Å²) in [6.45, 7) is 2.51. The largest absolute Gasteiger partial charge is 0.383 e. The van der Waals surface area contributed by atoms with E-state index in [9.17, 15) is 9.90 Å². The Labute approximate surface area is 161 Å². The van der Waals surface area contributed by atoms with Gasteiger partial charge < -0.3 is 26.2 Å². The van der Waals surface area contributed by atoms with Gasteiger partial charge in [-0.25, -0.2) is 9.97 Å². The molecule has 1 unspecified atom stereocenters. The Balaban J connectivity index is 1.60. The van der Waals surface area contributed by atoms with Crippen molar-refractivity contribution in [1.82, 2.24) is 20.3 Å². The molecular weight excluding hydrogens is 360 g/mol. The van der Waals surface area contributed by atoms with Crippen LogP contribution in [-0.2, 0) is 9.53 Å². The van der Waals surface area contributed by atoms with Crippen LogP contribution in [0.4, 0.5) is 11.6 Å². The third-order valence-electron chi connectivity index (χ3n) is 4.62. The summed E-state index contributed by atoms with van der Waals surface area (Å²) >= 11 is 0. The van der Waals surface area contributed by atoms with Crippen molar-refractivity contribution in [3.8, 4) is 11.3 Å². The number of hydrogen-bond donors (Lipinski definition) is 4. The molecule has 0 spiro atoms. The highest BCUT2D eigenvalue weighted by molar-refractivity contribution is 5.94. The summed E-state index contributed by atoms with van der Waals surface area (Å²) in [5, 5.41) is 17.0. The van der Waals surface area contributed by atoms with Crippen LogP contribution in [0.2, 0.25) is 0 Å². The second-order valence-electron chi connectivity index (χ2n) is 6.58. The van der Waals surface area contributed by atoms with Gasteiger partial charge in [0.2, 0.25) is 12.3 Å². The number of carbonyl (C=O) groups is 1. The maximum Gasteiger partial charge on any atom is 0.249 e. The molecule has 0 radical (unpaired) electrons. The number of amides is 1. The van der Waals surface area contributed by atoms with Gasteiger partial charge in [0.05, 0.1) is 5.69 Å². The minimum Gasteiger partial charge on any atom is -0.383 e. The predicted molar refractivity (Wildman–Crippen MR) is 104 cm³/mol. The van der Waals surface area contributed by atoms with Crippen LogP contribution in [0.5, 0.6) is 0 Å². The van der Waals surface area contributed by atoms with Crippen LogP contribution in [-0.4, -0.2) is 45.0 Å². The Morgan fingerprint density at radius 3 is 3.00 bits per heavy atom. The van der Waals surface area contributed by atoms with Gasteiger partial charge in [0.1, 0.15) is 17.7 Å². The first-order valence-electron chi connectivity index (χ1n) is 8.86. The lowest BCUT2D eigenvalue weighted by Gasteiger charge is -2.17. The summed E-state index contributed by atoms with van der Waals surface area (Å²) in [6.07, 6.45) is 3.52. The van der Waals surface area contributed by atoms with Gasteiger partial charge in [-0.1, -0.05) is 0 Å². The van der Waals surface area contributed by atoms with Gasteiger partial charge in [-0.3, -0.25) is 9.78 Å². The average Bonchev–Trinajstić information content (AvgIpc) is 3.06. The van der Waals surface area contributed by atoms with Gasteiger partial charge in [0, 0.05) is 42.5 Å². The number of nitrogen functional groups attached to an aromatic ring is 1. The molecule has 144 valence electrons. The third-order valence-corrected chi connectivity index (χ3v) is 4.62. The highest BCUT2D eigenvalue weighted by Gasteiger charge is 2.27. The summed E-state index contributed by atoms with van der Waals surface area (Å²) in [4.78, 5) is 24.4. The Bertz CT molecular complexity index is 1040. The maximum atomic E-state index is 11.6. The van der Waals surface area contributed by atoms with Gasteiger partial charge in [-0.15, -0.1) is 0 Å². The quantitative estimate of drug-likeness (QED) is 0.485. The number of pyridine rings is 3. The van der Waals surface area contributed by atoms with E-state index in [0.717, 1.165) is 16.5 Å². The van der Waals surface area contributed by atoms with Crippen molar-refractivity contribution in [2.75, 3.05) is 17.6 Å². The number of rotatable bonds is 5. The fourth-order valence-electron chi connectivity index (χ4n) is 3.14. The van der Waals surface area contributed by atoms with E-state index in [4.69, 9.17) is 10.5 Å². The molecule has 3 aromatic rings. The molecule has 4 rings (SSSR count). The monoisotopic (exact) mass is 380 g/mol. The smallest absolute Gasteiger partial charge is 0.249 e. The zero-order valence-electron chi connectivity index (χ0n) is 15.2. The number of hydrogen-bond acceptors (Lipinski definition) is 8. The van der Waals surface area contributed by atoms with Crippen molar-refractivity contribution in [1.29, 1.82) is 0 Å². The number of carbonyl (C=O) groups excluding carboxylic acids is 1. The minimum absolute atomic E-state index is 0.234. The zero-order chi connectivity index (χ0) is 19.7. The van der Waals surface area contributed by atoms with Crippen molar-refractivity contribution in [2.24, 2.45) is 0 Å². The van der Waals surface area contributed by atoms with E-state index < -0.39 is 12.5 Å². The Hall–Kier alpha value is -3.30. The van der Waals surface area contributed by atoms with Crippen molar-refractivity contribution in [3.63, 3.8) is 0 Å². The van der Waals surface area contributed by atoms with Gasteiger partial charge in [0.15, 0.2) is 0 Å². The fraction of sp³-hybridized carbons (Fsp3) is 0.263. The molecule has 2 atom stereocenters. The Morgan fingerprint density at radius 1 is 1.39 bits per heavy atom. The first-order valence-corrected chi connectivity index (χ1v) is 8.86. The van der Waals surface area contributed by atoms with Crippen molar-refractivity contribution >= 4 is 28.3 Å². The molecule has 0 aliphatic carbocycles. The van der Waals surface area contributed by atoms with Crippen LogP contribution in [0.3, 0.4) is 0 Å². The van der Waals surface area contributed by atoms with E-state index in [1.54, 1.807) is 24.7 Å². The number of aryl methyl sites for hydroxylation is 1. The number of nitrogens with two attached hydrogens (primary N) is 1. The highest BCUT2D eigenvalue weighted by Crippen LogP contribution is 2.28. The molecule has 5 N–H and O–H groups in total. The van der Waals surface area contributed by atoms with Gasteiger partial charge >= 0.3 is 0 Å². The summed E-state index contributed by atoms with van der Waals surface area (Å²) in [7, 11) is 0. The second-order valence-corrected chi connectivity index (χ2v) is 6.58. The lowest BCUT2D eigenvalue weighted by molar-refractivity contribution is -0.148. The number of aliphatic hydroxyl groups is 1. The lowest BCUT2D eigenvalue weighted by atomic mass is 10.1. The molecule has 3 aromatic heterocycles. The molecule has 1 amide bonds. The number of aliphatic hydroxyl groups excluding tert-OH is 1. The van der Waals surface area contributed by atoms with Gasteiger partial charge in [-0.05, 0) is 36.1 Å². The average molecular weight is 380 g/mol. The number of nitrogens with one attached hydrogen (secondary N) is 2. The number of fused-ring (bicyclic) bond motifs is 1. The van der Waals surface area contributed by atoms with E-state index in [1.807, 2.05) is 19.1 Å². The van der Waals surface area contributed by atoms with Crippen molar-refractivity contribution in [3.05, 3.63) is 42.4 Å². The van der Waals surface area contributed by atoms with Crippen molar-refractivity contribution < 1.29 is 14.6 Å². The van der Waals surface area contributed by atoms with Crippen LogP contribution in [0.15, 0.2) is 36.8 Å². The van der Waals surface area contributed by atoms with E-state index >= 15 is 0 Å². The molecule has 9 nitrogen and oxygen atoms in total. The summed E-state index contributed by atoms with van der Waals surface area (Å²) in [6, 6.07) is 5.54. The first kappa shape index (κ1) is 18.1. The number of nitrogens with zero attached hydrogens (tertiary/aromatic N) is 3. The van der Waals surface area contributed by atoms with Crippen LogP contribution in [0, 0.1) is 6.92 Å². The molecule has 1 fully saturated rings. The van der Waals surface area contributed by atoms with E-state index in [-0.39, 0.29) is 5.91 Å². The molecule has 0 bridgehead atoms. The van der Waals surface area contributed by atoms with E-state index in [1.165, 1.54) is 0 Å². The van der Waals surface area contributed by atoms with Crippen molar-refractivity contribution in [2.45, 2.75) is 25.9 Å². The Kier molecular flexibility index (Phi) is 4.76. The third kappa shape index (κ3) is 3.57. The topological polar surface area (TPSA) is 135 Å². The Morgan fingerprint density at radius 2 is 2.25 bits per heavy atom. The fourth-order valence-corrected chi connectivity index (χ4v) is 3.14.